The van der Waals surface area contributed by atoms with Gasteiger partial charge in [-0.15, -0.1) is 0 Å². The van der Waals surface area contributed by atoms with Gasteiger partial charge in [0.2, 0.25) is 11.8 Å². The van der Waals surface area contributed by atoms with E-state index in [-0.39, 0.29) is 24.7 Å². The highest BCUT2D eigenvalue weighted by Crippen LogP contribution is 2.35. The van der Waals surface area contributed by atoms with E-state index in [9.17, 15) is 19.2 Å². The normalized spacial score (nSPS) is 22.4. The van der Waals surface area contributed by atoms with Gasteiger partial charge in [-0.3, -0.25) is 14.4 Å². The molecule has 0 spiro atoms. The summed E-state index contributed by atoms with van der Waals surface area (Å²) in [6.45, 7) is 11.1. The fraction of sp³-hybridized carbons (Fsp3) is 0.750. The van der Waals surface area contributed by atoms with Gasteiger partial charge in [-0.25, -0.2) is 4.79 Å². The van der Waals surface area contributed by atoms with Crippen LogP contribution in [0.2, 0.25) is 0 Å². The molecule has 2 heterocycles. The molecule has 2 rings (SSSR count). The molecule has 2 aliphatic rings. The number of nitrogens with zero attached hydrogens (tertiary/aromatic N) is 1. The first-order valence-electron chi connectivity index (χ1n) is 11.4. The SMILES string of the molecule is CC(C)(C)OC(=O)CC[C@H](NC(=O)[C@@]12CC=CCCC(=O)N1CCC2)C(=O)OC(C)(C)C. The highest BCUT2D eigenvalue weighted by molar-refractivity contribution is 5.95. The van der Waals surface area contributed by atoms with Crippen molar-refractivity contribution >= 4 is 23.8 Å². The zero-order valence-corrected chi connectivity index (χ0v) is 20.3. The van der Waals surface area contributed by atoms with Crippen LogP contribution in [0.3, 0.4) is 0 Å². The van der Waals surface area contributed by atoms with Crippen molar-refractivity contribution in [2.24, 2.45) is 0 Å². The van der Waals surface area contributed by atoms with Crippen molar-refractivity contribution in [2.45, 2.75) is 109 Å². The average Bonchev–Trinajstić information content (AvgIpc) is 3.04. The van der Waals surface area contributed by atoms with Crippen molar-refractivity contribution in [1.29, 1.82) is 0 Å². The summed E-state index contributed by atoms with van der Waals surface area (Å²) in [5, 5.41) is 2.81. The topological polar surface area (TPSA) is 102 Å². The van der Waals surface area contributed by atoms with Crippen LogP contribution in [0, 0.1) is 0 Å². The maximum absolute atomic E-state index is 13.5. The van der Waals surface area contributed by atoms with E-state index in [2.05, 4.69) is 5.32 Å². The number of allylic oxidation sites excluding steroid dienone is 1. The van der Waals surface area contributed by atoms with E-state index in [1.807, 2.05) is 12.2 Å². The van der Waals surface area contributed by atoms with E-state index < -0.39 is 34.7 Å². The first-order chi connectivity index (χ1) is 14.7. The molecular formula is C24H38N2O6. The lowest BCUT2D eigenvalue weighted by Gasteiger charge is -2.38. The molecule has 1 fully saturated rings. The third-order valence-electron chi connectivity index (χ3n) is 5.41. The second kappa shape index (κ2) is 10.0. The molecule has 0 saturated carbocycles. The molecule has 2 amide bonds. The summed E-state index contributed by atoms with van der Waals surface area (Å²) in [5.41, 5.74) is -2.40. The van der Waals surface area contributed by atoms with E-state index in [1.165, 1.54) is 0 Å². The van der Waals surface area contributed by atoms with E-state index in [0.717, 1.165) is 6.42 Å². The Kier molecular flexibility index (Phi) is 8.12. The summed E-state index contributed by atoms with van der Waals surface area (Å²) in [7, 11) is 0. The van der Waals surface area contributed by atoms with Crippen LogP contribution in [-0.2, 0) is 28.7 Å². The number of hydrogen-bond donors (Lipinski definition) is 1. The van der Waals surface area contributed by atoms with Gasteiger partial charge in [0, 0.05) is 19.4 Å². The zero-order valence-electron chi connectivity index (χ0n) is 20.3. The molecule has 0 unspecified atom stereocenters. The van der Waals surface area contributed by atoms with Gasteiger partial charge in [0.05, 0.1) is 0 Å². The quantitative estimate of drug-likeness (QED) is 0.493. The Morgan fingerprint density at radius 1 is 1.09 bits per heavy atom. The Morgan fingerprint density at radius 3 is 2.38 bits per heavy atom. The Labute approximate surface area is 191 Å². The van der Waals surface area contributed by atoms with Crippen LogP contribution in [0.1, 0.15) is 86.5 Å². The third-order valence-corrected chi connectivity index (χ3v) is 5.41. The van der Waals surface area contributed by atoms with Gasteiger partial charge in [-0.2, -0.15) is 0 Å². The van der Waals surface area contributed by atoms with Gasteiger partial charge in [0.1, 0.15) is 22.8 Å². The molecule has 0 bridgehead atoms. The number of fused-ring (bicyclic) bond motifs is 1. The monoisotopic (exact) mass is 450 g/mol. The van der Waals surface area contributed by atoms with Gasteiger partial charge in [0.25, 0.3) is 0 Å². The molecule has 180 valence electrons. The highest BCUT2D eigenvalue weighted by atomic mass is 16.6. The number of hydrogen-bond acceptors (Lipinski definition) is 6. The largest absolute Gasteiger partial charge is 0.460 e. The van der Waals surface area contributed by atoms with E-state index in [0.29, 0.717) is 32.2 Å². The summed E-state index contributed by atoms with van der Waals surface area (Å²) < 4.78 is 10.8. The molecular weight excluding hydrogens is 412 g/mol. The molecule has 8 nitrogen and oxygen atoms in total. The van der Waals surface area contributed by atoms with Crippen LogP contribution in [0.25, 0.3) is 0 Å². The van der Waals surface area contributed by atoms with Crippen molar-refractivity contribution in [2.75, 3.05) is 6.54 Å². The fourth-order valence-corrected chi connectivity index (χ4v) is 4.09. The maximum atomic E-state index is 13.5. The Hall–Kier alpha value is -2.38. The number of carbonyl (C=O) groups is 4. The minimum absolute atomic E-state index is 0.0446. The second-order valence-corrected chi connectivity index (χ2v) is 10.6. The molecule has 32 heavy (non-hydrogen) atoms. The van der Waals surface area contributed by atoms with Gasteiger partial charge < -0.3 is 19.7 Å². The lowest BCUT2D eigenvalue weighted by Crippen LogP contribution is -2.60. The first-order valence-corrected chi connectivity index (χ1v) is 11.4. The Morgan fingerprint density at radius 2 is 1.75 bits per heavy atom. The van der Waals surface area contributed by atoms with Crippen LogP contribution in [0.4, 0.5) is 0 Å². The molecule has 0 aromatic carbocycles. The van der Waals surface area contributed by atoms with Crippen molar-refractivity contribution < 1.29 is 28.7 Å². The molecule has 0 aromatic rings. The smallest absolute Gasteiger partial charge is 0.329 e. The van der Waals surface area contributed by atoms with Crippen LogP contribution >= 0.6 is 0 Å². The molecule has 0 radical (unpaired) electrons. The molecule has 2 aliphatic heterocycles. The van der Waals surface area contributed by atoms with Crippen molar-refractivity contribution in [1.82, 2.24) is 10.2 Å². The number of nitrogens with one attached hydrogen (secondary N) is 1. The number of ether oxygens (including phenoxy) is 2. The number of amides is 2. The summed E-state index contributed by atoms with van der Waals surface area (Å²) in [6.07, 6.45) is 6.54. The van der Waals surface area contributed by atoms with E-state index in [1.54, 1.807) is 46.4 Å². The van der Waals surface area contributed by atoms with Gasteiger partial charge in [0.15, 0.2) is 0 Å². The summed E-state index contributed by atoms with van der Waals surface area (Å²) in [6, 6.07) is -1.02. The Balaban J connectivity index is 2.21. The fourth-order valence-electron chi connectivity index (χ4n) is 4.09. The number of esters is 2. The number of rotatable bonds is 6. The van der Waals surface area contributed by atoms with Crippen LogP contribution < -0.4 is 5.32 Å². The van der Waals surface area contributed by atoms with Crippen molar-refractivity contribution in [3.05, 3.63) is 12.2 Å². The average molecular weight is 451 g/mol. The van der Waals surface area contributed by atoms with Crippen molar-refractivity contribution in [3.8, 4) is 0 Å². The predicted molar refractivity (Wildman–Crippen MR) is 120 cm³/mol. The van der Waals surface area contributed by atoms with Crippen LogP contribution in [-0.4, -0.2) is 58.0 Å². The van der Waals surface area contributed by atoms with E-state index in [4.69, 9.17) is 9.47 Å². The summed E-state index contributed by atoms with van der Waals surface area (Å²) in [4.78, 5) is 52.9. The zero-order chi connectivity index (χ0) is 24.2. The third kappa shape index (κ3) is 7.07. The molecule has 1 saturated heterocycles. The highest BCUT2D eigenvalue weighted by Gasteiger charge is 2.49. The summed E-state index contributed by atoms with van der Waals surface area (Å²) >= 11 is 0. The Bertz CT molecular complexity index is 761. The van der Waals surface area contributed by atoms with Gasteiger partial charge >= 0.3 is 11.9 Å². The van der Waals surface area contributed by atoms with Crippen LogP contribution in [0.15, 0.2) is 12.2 Å². The molecule has 8 heteroatoms. The summed E-state index contributed by atoms with van der Waals surface area (Å²) in [5.74, 6) is -1.49. The van der Waals surface area contributed by atoms with Crippen molar-refractivity contribution in [3.63, 3.8) is 0 Å². The van der Waals surface area contributed by atoms with E-state index >= 15 is 0 Å². The van der Waals surface area contributed by atoms with Gasteiger partial charge in [-0.05, 0) is 73.6 Å². The first kappa shape index (κ1) is 25.9. The van der Waals surface area contributed by atoms with Gasteiger partial charge in [-0.1, -0.05) is 12.2 Å². The molecule has 2 atom stereocenters. The second-order valence-electron chi connectivity index (χ2n) is 10.6. The number of carbonyl (C=O) groups excluding carboxylic acids is 4. The lowest BCUT2D eigenvalue weighted by molar-refractivity contribution is -0.161. The molecule has 0 aromatic heterocycles. The minimum atomic E-state index is -1.02. The lowest BCUT2D eigenvalue weighted by atomic mass is 9.88. The minimum Gasteiger partial charge on any atom is -0.460 e. The standard InChI is InChI=1S/C24H38N2O6/c1-22(2,3)31-19(28)13-12-17(20(29)32-23(4,5)6)25-21(30)24-14-9-7-8-11-18(27)26(24)16-10-15-24/h7,9,17H,8,10-16H2,1-6H3,(H,25,30)/t17-,24-/m0/s1. The predicted octanol–water partition coefficient (Wildman–Crippen LogP) is 3.04. The maximum Gasteiger partial charge on any atom is 0.329 e. The van der Waals surface area contributed by atoms with Crippen LogP contribution in [0.5, 0.6) is 0 Å². The molecule has 1 N–H and O–H groups in total. The molecule has 0 aliphatic carbocycles.